The van der Waals surface area contributed by atoms with Crippen LogP contribution in [0.1, 0.15) is 17.4 Å². The van der Waals surface area contributed by atoms with E-state index in [1.54, 1.807) is 6.07 Å². The van der Waals surface area contributed by atoms with Gasteiger partial charge in [0.05, 0.1) is 12.1 Å². The van der Waals surface area contributed by atoms with Gasteiger partial charge in [0.2, 0.25) is 5.91 Å². The Morgan fingerprint density at radius 2 is 1.93 bits per heavy atom. The molecule has 7 nitrogen and oxygen atoms in total. The number of nitrogens with two attached hydrogens (primary N) is 1. The molecule has 3 aromatic rings. The molecule has 1 saturated heterocycles. The number of nitrogen functional groups attached to an aromatic ring is 1. The minimum Gasteiger partial charge on any atom is -0.444 e. The third-order valence-electron chi connectivity index (χ3n) is 5.10. The van der Waals surface area contributed by atoms with E-state index in [9.17, 15) is 9.59 Å². The molecule has 0 saturated carbocycles. The van der Waals surface area contributed by atoms with Gasteiger partial charge in [0.15, 0.2) is 6.23 Å². The molecular weight excluding hydrogens is 368 g/mol. The molecule has 0 bridgehead atoms. The highest BCUT2D eigenvalue weighted by atomic mass is 16.5. The zero-order valence-corrected chi connectivity index (χ0v) is 15.9. The van der Waals surface area contributed by atoms with Crippen LogP contribution in [0.5, 0.6) is 0 Å². The number of amides is 1. The lowest BCUT2D eigenvalue weighted by molar-refractivity contribution is -0.155. The van der Waals surface area contributed by atoms with Crippen LogP contribution in [-0.2, 0) is 20.9 Å². The molecule has 2 N–H and O–H groups in total. The molecule has 148 valence electrons. The summed E-state index contributed by atoms with van der Waals surface area (Å²) in [6.45, 7) is 2.33. The van der Waals surface area contributed by atoms with Crippen molar-refractivity contribution in [2.75, 3.05) is 25.4 Å². The predicted molar refractivity (Wildman–Crippen MR) is 109 cm³/mol. The number of rotatable bonds is 6. The van der Waals surface area contributed by atoms with Crippen LogP contribution in [0, 0.1) is 0 Å². The first kappa shape index (κ1) is 18.9. The number of carbonyl (C=O) groups excluding carboxylic acids is 2. The Kier molecular flexibility index (Phi) is 5.39. The number of ether oxygens (including phenoxy) is 1. The molecule has 7 heteroatoms. The van der Waals surface area contributed by atoms with Crippen molar-refractivity contribution in [3.63, 3.8) is 0 Å². The zero-order chi connectivity index (χ0) is 20.2. The van der Waals surface area contributed by atoms with Crippen molar-refractivity contribution in [1.82, 2.24) is 14.8 Å². The maximum absolute atomic E-state index is 12.8. The maximum atomic E-state index is 12.8. The predicted octanol–water partition coefficient (Wildman–Crippen LogP) is 2.33. The highest BCUT2D eigenvalue weighted by Crippen LogP contribution is 2.24. The number of fused-ring (bicyclic) bond motifs is 1. The van der Waals surface area contributed by atoms with E-state index in [4.69, 9.17) is 10.5 Å². The Morgan fingerprint density at radius 3 is 2.69 bits per heavy atom. The van der Waals surface area contributed by atoms with Crippen LogP contribution in [0.25, 0.3) is 10.9 Å². The number of anilines is 1. The van der Waals surface area contributed by atoms with E-state index in [-0.39, 0.29) is 12.5 Å². The molecule has 0 radical (unpaired) electrons. The van der Waals surface area contributed by atoms with Gasteiger partial charge in [0, 0.05) is 30.6 Å². The van der Waals surface area contributed by atoms with Crippen LogP contribution >= 0.6 is 0 Å². The third kappa shape index (κ3) is 4.20. The number of benzene rings is 2. The number of hydrogen-bond acceptors (Lipinski definition) is 6. The SMILES string of the molecule is Nc1ccc2cc(CN3CCN(C(OC=O)c4ccccc4)CC3=O)ccc2n1. The lowest BCUT2D eigenvalue weighted by Gasteiger charge is -2.37. The fourth-order valence-electron chi connectivity index (χ4n) is 3.65. The van der Waals surface area contributed by atoms with Gasteiger partial charge in [-0.1, -0.05) is 36.4 Å². The fourth-order valence-corrected chi connectivity index (χ4v) is 3.65. The van der Waals surface area contributed by atoms with Gasteiger partial charge in [-0.2, -0.15) is 0 Å². The topological polar surface area (TPSA) is 88.8 Å². The van der Waals surface area contributed by atoms with Gasteiger partial charge in [0.1, 0.15) is 5.82 Å². The van der Waals surface area contributed by atoms with E-state index in [0.717, 1.165) is 22.0 Å². The number of nitrogens with zero attached hydrogens (tertiary/aromatic N) is 3. The molecule has 2 heterocycles. The number of carbonyl (C=O) groups is 2. The number of hydrogen-bond donors (Lipinski definition) is 1. The standard InChI is InChI=1S/C22H22N4O3/c23-20-9-7-18-12-16(6-8-19(18)24-20)13-25-10-11-26(14-21(25)28)22(29-15-27)17-4-2-1-3-5-17/h1-9,12,15,22H,10-11,13-14H2,(H2,23,24). The minimum atomic E-state index is -0.558. The Hall–Kier alpha value is -3.45. The van der Waals surface area contributed by atoms with Crippen LogP contribution in [0.3, 0.4) is 0 Å². The molecule has 1 fully saturated rings. The summed E-state index contributed by atoms with van der Waals surface area (Å²) in [4.78, 5) is 31.8. The van der Waals surface area contributed by atoms with Gasteiger partial charge >= 0.3 is 0 Å². The van der Waals surface area contributed by atoms with Crippen molar-refractivity contribution in [1.29, 1.82) is 0 Å². The smallest absolute Gasteiger partial charge is 0.294 e. The van der Waals surface area contributed by atoms with E-state index in [1.165, 1.54) is 0 Å². The van der Waals surface area contributed by atoms with Gasteiger partial charge in [-0.05, 0) is 29.8 Å². The van der Waals surface area contributed by atoms with Gasteiger partial charge in [-0.15, -0.1) is 0 Å². The Balaban J connectivity index is 1.45. The van der Waals surface area contributed by atoms with Crippen molar-refractivity contribution in [2.24, 2.45) is 0 Å². The molecule has 1 aliphatic heterocycles. The largest absolute Gasteiger partial charge is 0.444 e. The van der Waals surface area contributed by atoms with Crippen LogP contribution in [-0.4, -0.2) is 46.8 Å². The lowest BCUT2D eigenvalue weighted by atomic mass is 10.1. The Bertz CT molecular complexity index is 1030. The van der Waals surface area contributed by atoms with Crippen LogP contribution in [0.15, 0.2) is 60.7 Å². The first-order valence-electron chi connectivity index (χ1n) is 9.45. The normalized spacial score (nSPS) is 16.0. The summed E-state index contributed by atoms with van der Waals surface area (Å²) in [7, 11) is 0. The van der Waals surface area contributed by atoms with Crippen molar-refractivity contribution in [3.8, 4) is 0 Å². The molecule has 0 spiro atoms. The van der Waals surface area contributed by atoms with Gasteiger partial charge in [0.25, 0.3) is 6.47 Å². The highest BCUT2D eigenvalue weighted by Gasteiger charge is 2.30. The zero-order valence-electron chi connectivity index (χ0n) is 15.9. The first-order valence-corrected chi connectivity index (χ1v) is 9.45. The first-order chi connectivity index (χ1) is 14.1. The third-order valence-corrected chi connectivity index (χ3v) is 5.10. The van der Waals surface area contributed by atoms with E-state index < -0.39 is 6.23 Å². The van der Waals surface area contributed by atoms with Gasteiger partial charge in [-0.25, -0.2) is 4.98 Å². The van der Waals surface area contributed by atoms with E-state index in [1.807, 2.05) is 64.4 Å². The van der Waals surface area contributed by atoms with E-state index in [0.29, 0.717) is 31.9 Å². The molecule has 29 heavy (non-hydrogen) atoms. The fraction of sp³-hybridized carbons (Fsp3) is 0.227. The second-order valence-corrected chi connectivity index (χ2v) is 7.04. The van der Waals surface area contributed by atoms with Crippen LogP contribution in [0.4, 0.5) is 5.82 Å². The summed E-state index contributed by atoms with van der Waals surface area (Å²) in [5.41, 5.74) is 8.45. The van der Waals surface area contributed by atoms with E-state index in [2.05, 4.69) is 4.98 Å². The maximum Gasteiger partial charge on any atom is 0.294 e. The Morgan fingerprint density at radius 1 is 1.10 bits per heavy atom. The Labute approximate surface area is 168 Å². The molecule has 1 unspecified atom stereocenters. The van der Waals surface area contributed by atoms with Crippen molar-refractivity contribution in [3.05, 3.63) is 71.8 Å². The number of pyridine rings is 1. The minimum absolute atomic E-state index is 0.00204. The highest BCUT2D eigenvalue weighted by molar-refractivity contribution is 5.81. The van der Waals surface area contributed by atoms with Crippen LogP contribution < -0.4 is 5.73 Å². The average molecular weight is 390 g/mol. The molecule has 4 rings (SSSR count). The van der Waals surface area contributed by atoms with Gasteiger partial charge in [-0.3, -0.25) is 14.5 Å². The summed E-state index contributed by atoms with van der Waals surface area (Å²) in [5, 5.41) is 0.992. The van der Waals surface area contributed by atoms with Crippen molar-refractivity contribution < 1.29 is 14.3 Å². The van der Waals surface area contributed by atoms with Crippen LogP contribution in [0.2, 0.25) is 0 Å². The average Bonchev–Trinajstić information content (AvgIpc) is 2.74. The molecular formula is C22H22N4O3. The molecule has 1 aliphatic rings. The molecule has 1 amide bonds. The quantitative estimate of drug-likeness (QED) is 0.650. The molecule has 0 aliphatic carbocycles. The molecule has 1 aromatic heterocycles. The van der Waals surface area contributed by atoms with Crippen molar-refractivity contribution in [2.45, 2.75) is 12.8 Å². The second-order valence-electron chi connectivity index (χ2n) is 7.04. The summed E-state index contributed by atoms with van der Waals surface area (Å²) in [6.07, 6.45) is -0.558. The van der Waals surface area contributed by atoms with E-state index >= 15 is 0 Å². The summed E-state index contributed by atoms with van der Waals surface area (Å²) in [6, 6.07) is 19.1. The van der Waals surface area contributed by atoms with Crippen molar-refractivity contribution >= 4 is 29.1 Å². The summed E-state index contributed by atoms with van der Waals surface area (Å²) < 4.78 is 5.28. The summed E-state index contributed by atoms with van der Waals surface area (Å²) >= 11 is 0. The number of aromatic nitrogens is 1. The number of piperazine rings is 1. The molecule has 1 atom stereocenters. The van der Waals surface area contributed by atoms with Gasteiger partial charge < -0.3 is 15.4 Å². The lowest BCUT2D eigenvalue weighted by Crippen LogP contribution is -2.51. The molecule has 2 aromatic carbocycles. The second kappa shape index (κ2) is 8.28. The summed E-state index contributed by atoms with van der Waals surface area (Å²) in [5.74, 6) is 0.490. The monoisotopic (exact) mass is 390 g/mol.